The van der Waals surface area contributed by atoms with Gasteiger partial charge in [0, 0.05) is 12.4 Å². The lowest BCUT2D eigenvalue weighted by Gasteiger charge is -2.10. The topological polar surface area (TPSA) is 103 Å². The Morgan fingerprint density at radius 1 is 0.350 bits per heavy atom. The number of aromatic nitrogens is 8. The molecule has 8 heteroatoms. The van der Waals surface area contributed by atoms with Gasteiger partial charge in [0.15, 0.2) is 0 Å². The molecule has 4 aromatic heterocycles. The first-order valence-corrected chi connectivity index (χ1v) is 23.5. The lowest BCUT2D eigenvalue weighted by molar-refractivity contribution is 0.562. The lowest BCUT2D eigenvalue weighted by atomic mass is 9.98. The van der Waals surface area contributed by atoms with E-state index in [1.54, 1.807) is 6.20 Å². The third kappa shape index (κ3) is 28.0. The summed E-state index contributed by atoms with van der Waals surface area (Å²) in [6, 6.07) is 8.64. The highest BCUT2D eigenvalue weighted by Crippen LogP contribution is 2.17. The largest absolute Gasteiger partial charge is 0.159 e. The molecule has 4 rings (SSSR count). The maximum atomic E-state index is 4.28. The van der Waals surface area contributed by atoms with Crippen molar-refractivity contribution in [2.24, 2.45) is 47.3 Å². The van der Waals surface area contributed by atoms with Crippen molar-refractivity contribution in [1.82, 2.24) is 40.8 Å². The van der Waals surface area contributed by atoms with E-state index in [4.69, 9.17) is 0 Å². The molecule has 0 radical (unpaired) electrons. The van der Waals surface area contributed by atoms with Crippen LogP contribution in [0.2, 0.25) is 0 Å². The van der Waals surface area contributed by atoms with E-state index in [2.05, 4.69) is 176 Å². The van der Waals surface area contributed by atoms with Gasteiger partial charge in [0.25, 0.3) is 0 Å². The van der Waals surface area contributed by atoms with Gasteiger partial charge >= 0.3 is 0 Å². The minimum Gasteiger partial charge on any atom is -0.159 e. The molecule has 4 heterocycles. The van der Waals surface area contributed by atoms with Gasteiger partial charge < -0.3 is 0 Å². The molecule has 0 bridgehead atoms. The van der Waals surface area contributed by atoms with Gasteiger partial charge in [-0.2, -0.15) is 40.8 Å². The maximum absolute atomic E-state index is 4.28. The molecule has 0 aliphatic rings. The fraction of sp³-hybridized carbons (Fsp3) is 0.692. The van der Waals surface area contributed by atoms with Gasteiger partial charge in [-0.15, -0.1) is 0 Å². The fourth-order valence-electron chi connectivity index (χ4n) is 6.43. The van der Waals surface area contributed by atoms with E-state index in [0.29, 0.717) is 23.7 Å². The Bertz CT molecular complexity index is 1550. The molecule has 0 saturated heterocycles. The Balaban J connectivity index is 0.000000401. The minimum absolute atomic E-state index is 0.651. The van der Waals surface area contributed by atoms with E-state index in [9.17, 15) is 0 Å². The van der Waals surface area contributed by atoms with Gasteiger partial charge in [-0.05, 0) is 171 Å². The molecule has 4 aromatic rings. The number of rotatable bonds is 20. The van der Waals surface area contributed by atoms with Crippen LogP contribution in [0.3, 0.4) is 0 Å². The number of aryl methyl sites for hydroxylation is 4. The van der Waals surface area contributed by atoms with E-state index in [0.717, 1.165) is 86.4 Å². The zero-order valence-corrected chi connectivity index (χ0v) is 41.3. The van der Waals surface area contributed by atoms with Crippen molar-refractivity contribution in [3.8, 4) is 0 Å². The predicted molar refractivity (Wildman–Crippen MR) is 255 cm³/mol. The first kappa shape index (κ1) is 54.3. The van der Waals surface area contributed by atoms with Crippen molar-refractivity contribution in [2.75, 3.05) is 0 Å². The molecule has 0 unspecified atom stereocenters. The molecule has 0 aliphatic carbocycles. The van der Waals surface area contributed by atoms with Crippen molar-refractivity contribution in [1.29, 1.82) is 0 Å². The smallest absolute Gasteiger partial charge is 0.0665 e. The molecule has 0 aromatic carbocycles. The molecule has 0 saturated carbocycles. The van der Waals surface area contributed by atoms with E-state index in [-0.39, 0.29) is 0 Å². The Labute approximate surface area is 368 Å². The molecule has 0 fully saturated rings. The van der Waals surface area contributed by atoms with E-state index >= 15 is 0 Å². The zero-order chi connectivity index (χ0) is 45.0. The quantitative estimate of drug-likeness (QED) is 0.0868. The molecule has 0 spiro atoms. The van der Waals surface area contributed by atoms with E-state index in [1.165, 1.54) is 59.3 Å². The number of hydrogen-bond acceptors (Lipinski definition) is 8. The van der Waals surface area contributed by atoms with Gasteiger partial charge in [0.1, 0.15) is 0 Å². The molecule has 0 N–H and O–H groups in total. The summed E-state index contributed by atoms with van der Waals surface area (Å²) in [5.74, 6) is 5.66. The molecule has 60 heavy (non-hydrogen) atoms. The van der Waals surface area contributed by atoms with Crippen LogP contribution in [-0.2, 0) is 51.4 Å². The molecule has 336 valence electrons. The Morgan fingerprint density at radius 3 is 1.35 bits per heavy atom. The number of nitrogens with zero attached hydrogens (tertiary/aromatic N) is 8. The molecular formula is C52H88N8. The SMILES string of the molecule is CC(C)CCc1ccnnc1CCC(C)C.CC(C)CCc1cnnc(CCC(C)C)c1.CC(C)Cc1ccnnc1CC(C)C.CC(C)Cc1cnnc(CC(C)C)c1. The second-order valence-electron chi connectivity index (χ2n) is 20.2. The molecule has 0 aliphatic heterocycles. The summed E-state index contributed by atoms with van der Waals surface area (Å²) < 4.78 is 0. The normalized spacial score (nSPS) is 11.3. The van der Waals surface area contributed by atoms with Crippen molar-refractivity contribution in [3.63, 3.8) is 0 Å². The predicted octanol–water partition coefficient (Wildman–Crippen LogP) is 13.1. The summed E-state index contributed by atoms with van der Waals surface area (Å²) in [5.41, 5.74) is 10.1. The summed E-state index contributed by atoms with van der Waals surface area (Å²) in [4.78, 5) is 0. The molecule has 0 atom stereocenters. The van der Waals surface area contributed by atoms with Crippen LogP contribution in [0.4, 0.5) is 0 Å². The Kier molecular flexibility index (Phi) is 28.3. The highest BCUT2D eigenvalue weighted by Gasteiger charge is 2.09. The van der Waals surface area contributed by atoms with Crippen molar-refractivity contribution in [2.45, 2.75) is 188 Å². The second-order valence-corrected chi connectivity index (χ2v) is 20.2. The van der Waals surface area contributed by atoms with Crippen LogP contribution in [0.25, 0.3) is 0 Å². The average Bonchev–Trinajstić information content (AvgIpc) is 3.16. The highest BCUT2D eigenvalue weighted by molar-refractivity contribution is 5.19. The van der Waals surface area contributed by atoms with Crippen molar-refractivity contribution in [3.05, 3.63) is 94.1 Å². The summed E-state index contributed by atoms with van der Waals surface area (Å²) in [7, 11) is 0. The summed E-state index contributed by atoms with van der Waals surface area (Å²) >= 11 is 0. The van der Waals surface area contributed by atoms with Gasteiger partial charge in [-0.3, -0.25) is 0 Å². The van der Waals surface area contributed by atoms with E-state index in [1.807, 2.05) is 18.6 Å². The standard InChI is InChI=1S/2C14H24N2.2C12H20N2/c1-11(2)5-7-13-9-14(16-15-10-13)8-6-12(3)4;1-11(2)5-7-13-9-10-15-16-14(13)8-6-12(3)4;1-9(2)5-11-7-12(6-10(3)4)14-13-8-11;1-9(2)7-11-5-6-13-14-12(11)8-10(3)4/h2*9-12H,5-8H2,1-4H3;7-10H,5-6H2,1-4H3;5-6,9-10H,7-8H2,1-4H3. The van der Waals surface area contributed by atoms with Gasteiger partial charge in [0.2, 0.25) is 0 Å². The van der Waals surface area contributed by atoms with Crippen LogP contribution in [-0.4, -0.2) is 40.8 Å². The summed E-state index contributed by atoms with van der Waals surface area (Å²) in [6.45, 7) is 35.8. The van der Waals surface area contributed by atoms with Crippen LogP contribution in [0.15, 0.2) is 49.1 Å². The lowest BCUT2D eigenvalue weighted by Crippen LogP contribution is -2.06. The molecule has 0 amide bonds. The highest BCUT2D eigenvalue weighted by atomic mass is 15.1. The first-order chi connectivity index (χ1) is 28.3. The minimum atomic E-state index is 0.651. The van der Waals surface area contributed by atoms with Crippen LogP contribution < -0.4 is 0 Å². The van der Waals surface area contributed by atoms with E-state index < -0.39 is 0 Å². The fourth-order valence-corrected chi connectivity index (χ4v) is 6.43. The van der Waals surface area contributed by atoms with Gasteiger partial charge in [-0.25, -0.2) is 0 Å². The van der Waals surface area contributed by atoms with Crippen LogP contribution in [0.1, 0.15) is 181 Å². The van der Waals surface area contributed by atoms with Gasteiger partial charge in [-0.1, -0.05) is 111 Å². The van der Waals surface area contributed by atoms with Crippen LogP contribution in [0.5, 0.6) is 0 Å². The zero-order valence-electron chi connectivity index (χ0n) is 41.3. The van der Waals surface area contributed by atoms with Crippen LogP contribution >= 0.6 is 0 Å². The monoisotopic (exact) mass is 825 g/mol. The molecular weight excluding hydrogens is 737 g/mol. The second kappa shape index (κ2) is 31.2. The maximum Gasteiger partial charge on any atom is 0.0665 e. The van der Waals surface area contributed by atoms with Crippen molar-refractivity contribution >= 4 is 0 Å². The van der Waals surface area contributed by atoms with Crippen molar-refractivity contribution < 1.29 is 0 Å². The number of hydrogen-bond donors (Lipinski definition) is 0. The van der Waals surface area contributed by atoms with Crippen LogP contribution in [0, 0.1) is 47.3 Å². The third-order valence-corrected chi connectivity index (χ3v) is 9.74. The third-order valence-electron chi connectivity index (χ3n) is 9.74. The average molecular weight is 825 g/mol. The molecule has 8 nitrogen and oxygen atoms in total. The Hall–Kier alpha value is -3.68. The van der Waals surface area contributed by atoms with Gasteiger partial charge in [0.05, 0.1) is 35.2 Å². The summed E-state index contributed by atoms with van der Waals surface area (Å²) in [5, 5.41) is 32.9. The summed E-state index contributed by atoms with van der Waals surface area (Å²) in [6.07, 6.45) is 20.9. The first-order valence-electron chi connectivity index (χ1n) is 23.5. The Morgan fingerprint density at radius 2 is 0.800 bits per heavy atom.